The van der Waals surface area contributed by atoms with Crippen LogP contribution < -0.4 is 10.1 Å². The molecule has 0 atom stereocenters. The number of urea groups is 1. The molecule has 0 fully saturated rings. The average molecular weight is 208 g/mol. The Bertz CT molecular complexity index is 362. The standard InChI is InChI=1S/C11H16N2O2/c1-8-5-6-10(15-4)9(7-8)12-11(14)13(2)3/h5-7H,1-4H3,(H,12,14). The van der Waals surface area contributed by atoms with E-state index in [1.807, 2.05) is 25.1 Å². The summed E-state index contributed by atoms with van der Waals surface area (Å²) in [4.78, 5) is 12.9. The Morgan fingerprint density at radius 1 is 1.40 bits per heavy atom. The van der Waals surface area contributed by atoms with E-state index in [2.05, 4.69) is 5.32 Å². The first-order valence-corrected chi connectivity index (χ1v) is 4.67. The van der Waals surface area contributed by atoms with Crippen LogP contribution in [0.4, 0.5) is 10.5 Å². The second-order valence-corrected chi connectivity index (χ2v) is 3.53. The molecule has 15 heavy (non-hydrogen) atoms. The van der Waals surface area contributed by atoms with Gasteiger partial charge in [0.05, 0.1) is 12.8 Å². The molecule has 0 radical (unpaired) electrons. The number of amides is 2. The molecule has 1 aromatic carbocycles. The van der Waals surface area contributed by atoms with Gasteiger partial charge in [-0.1, -0.05) is 6.07 Å². The molecule has 0 spiro atoms. The molecule has 1 N–H and O–H groups in total. The Balaban J connectivity index is 2.92. The van der Waals surface area contributed by atoms with E-state index >= 15 is 0 Å². The summed E-state index contributed by atoms with van der Waals surface area (Å²) < 4.78 is 5.15. The van der Waals surface area contributed by atoms with Crippen molar-refractivity contribution in [2.45, 2.75) is 6.92 Å². The molecule has 82 valence electrons. The maximum Gasteiger partial charge on any atom is 0.321 e. The molecule has 0 unspecified atom stereocenters. The third kappa shape index (κ3) is 2.87. The number of rotatable bonds is 2. The van der Waals surface area contributed by atoms with Crippen LogP contribution in [0.15, 0.2) is 18.2 Å². The zero-order chi connectivity index (χ0) is 11.4. The molecule has 4 heteroatoms. The lowest BCUT2D eigenvalue weighted by molar-refractivity contribution is 0.230. The molecule has 0 bridgehead atoms. The Morgan fingerprint density at radius 2 is 2.07 bits per heavy atom. The number of anilines is 1. The van der Waals surface area contributed by atoms with Crippen molar-refractivity contribution in [3.05, 3.63) is 23.8 Å². The van der Waals surface area contributed by atoms with Crippen molar-refractivity contribution in [1.29, 1.82) is 0 Å². The predicted octanol–water partition coefficient (Wildman–Crippen LogP) is 2.10. The van der Waals surface area contributed by atoms with E-state index in [-0.39, 0.29) is 6.03 Å². The highest BCUT2D eigenvalue weighted by Gasteiger charge is 2.08. The molecule has 4 nitrogen and oxygen atoms in total. The van der Waals surface area contributed by atoms with Gasteiger partial charge in [0, 0.05) is 14.1 Å². The summed E-state index contributed by atoms with van der Waals surface area (Å²) in [6.07, 6.45) is 0. The van der Waals surface area contributed by atoms with Gasteiger partial charge in [0.25, 0.3) is 0 Å². The van der Waals surface area contributed by atoms with Crippen molar-refractivity contribution >= 4 is 11.7 Å². The molecule has 2 amide bonds. The van der Waals surface area contributed by atoms with Crippen LogP contribution in [0.5, 0.6) is 5.75 Å². The van der Waals surface area contributed by atoms with Crippen LogP contribution in [0.2, 0.25) is 0 Å². The molecule has 0 aromatic heterocycles. The Morgan fingerprint density at radius 3 is 2.60 bits per heavy atom. The monoisotopic (exact) mass is 208 g/mol. The Hall–Kier alpha value is -1.71. The fourth-order valence-electron chi connectivity index (χ4n) is 1.15. The van der Waals surface area contributed by atoms with Gasteiger partial charge in [-0.05, 0) is 24.6 Å². The lowest BCUT2D eigenvalue weighted by Gasteiger charge is -2.14. The Labute approximate surface area is 89.8 Å². The molecular formula is C11H16N2O2. The van der Waals surface area contributed by atoms with Crippen LogP contribution in [-0.4, -0.2) is 32.1 Å². The van der Waals surface area contributed by atoms with E-state index < -0.39 is 0 Å². The average Bonchev–Trinajstić information content (AvgIpc) is 2.18. The quantitative estimate of drug-likeness (QED) is 0.808. The van der Waals surface area contributed by atoms with Crippen LogP contribution in [0.1, 0.15) is 5.56 Å². The first-order valence-electron chi connectivity index (χ1n) is 4.67. The highest BCUT2D eigenvalue weighted by Crippen LogP contribution is 2.25. The molecule has 1 rings (SSSR count). The van der Waals surface area contributed by atoms with Crippen molar-refractivity contribution in [3.8, 4) is 5.75 Å². The van der Waals surface area contributed by atoms with Crippen LogP contribution >= 0.6 is 0 Å². The van der Waals surface area contributed by atoms with E-state index in [0.29, 0.717) is 11.4 Å². The van der Waals surface area contributed by atoms with Gasteiger partial charge in [-0.2, -0.15) is 0 Å². The van der Waals surface area contributed by atoms with Gasteiger partial charge in [0.2, 0.25) is 0 Å². The van der Waals surface area contributed by atoms with E-state index in [1.54, 1.807) is 21.2 Å². The number of carbonyl (C=O) groups is 1. The van der Waals surface area contributed by atoms with Crippen molar-refractivity contribution in [3.63, 3.8) is 0 Å². The number of aryl methyl sites for hydroxylation is 1. The fourth-order valence-corrected chi connectivity index (χ4v) is 1.15. The molecule has 0 saturated carbocycles. The van der Waals surface area contributed by atoms with Gasteiger partial charge >= 0.3 is 6.03 Å². The lowest BCUT2D eigenvalue weighted by atomic mass is 10.2. The first kappa shape index (κ1) is 11.4. The molecule has 0 aliphatic carbocycles. The van der Waals surface area contributed by atoms with Gasteiger partial charge in [0.15, 0.2) is 0 Å². The van der Waals surface area contributed by atoms with Gasteiger partial charge < -0.3 is 15.0 Å². The molecule has 0 heterocycles. The van der Waals surface area contributed by atoms with E-state index in [0.717, 1.165) is 5.56 Å². The van der Waals surface area contributed by atoms with Gasteiger partial charge in [0.1, 0.15) is 5.75 Å². The summed E-state index contributed by atoms with van der Waals surface area (Å²) in [7, 11) is 4.96. The second kappa shape index (κ2) is 4.68. The van der Waals surface area contributed by atoms with Crippen LogP contribution in [-0.2, 0) is 0 Å². The third-order valence-electron chi connectivity index (χ3n) is 2.00. The highest BCUT2D eigenvalue weighted by atomic mass is 16.5. The third-order valence-corrected chi connectivity index (χ3v) is 2.00. The van der Waals surface area contributed by atoms with Crippen molar-refractivity contribution in [2.75, 3.05) is 26.5 Å². The van der Waals surface area contributed by atoms with Crippen molar-refractivity contribution in [1.82, 2.24) is 4.90 Å². The Kier molecular flexibility index (Phi) is 3.55. The number of nitrogens with one attached hydrogen (secondary N) is 1. The normalized spacial score (nSPS) is 9.60. The zero-order valence-corrected chi connectivity index (χ0v) is 9.50. The van der Waals surface area contributed by atoms with Gasteiger partial charge in [-0.15, -0.1) is 0 Å². The number of nitrogens with zero attached hydrogens (tertiary/aromatic N) is 1. The lowest BCUT2D eigenvalue weighted by Crippen LogP contribution is -2.27. The smallest absolute Gasteiger partial charge is 0.321 e. The molecule has 0 aliphatic heterocycles. The van der Waals surface area contributed by atoms with Crippen LogP contribution in [0, 0.1) is 6.92 Å². The van der Waals surface area contributed by atoms with Gasteiger partial charge in [-0.25, -0.2) is 4.79 Å². The minimum absolute atomic E-state index is 0.168. The molecular weight excluding hydrogens is 192 g/mol. The summed E-state index contributed by atoms with van der Waals surface area (Å²) in [5.41, 5.74) is 1.76. The number of methoxy groups -OCH3 is 1. The first-order chi connectivity index (χ1) is 7.04. The second-order valence-electron chi connectivity index (χ2n) is 3.53. The van der Waals surface area contributed by atoms with Gasteiger partial charge in [-0.3, -0.25) is 0 Å². The summed E-state index contributed by atoms with van der Waals surface area (Å²) in [5.74, 6) is 0.663. The van der Waals surface area contributed by atoms with Crippen LogP contribution in [0.25, 0.3) is 0 Å². The highest BCUT2D eigenvalue weighted by molar-refractivity contribution is 5.90. The number of hydrogen-bond donors (Lipinski definition) is 1. The fraction of sp³-hybridized carbons (Fsp3) is 0.364. The van der Waals surface area contributed by atoms with Crippen LogP contribution in [0.3, 0.4) is 0 Å². The number of benzene rings is 1. The number of carbonyl (C=O) groups excluding carboxylic acids is 1. The van der Waals surface area contributed by atoms with E-state index in [4.69, 9.17) is 4.74 Å². The SMILES string of the molecule is COc1ccc(C)cc1NC(=O)N(C)C. The summed E-state index contributed by atoms with van der Waals surface area (Å²) in [6.45, 7) is 1.96. The minimum Gasteiger partial charge on any atom is -0.495 e. The van der Waals surface area contributed by atoms with E-state index in [9.17, 15) is 4.79 Å². The predicted molar refractivity (Wildman–Crippen MR) is 60.4 cm³/mol. The summed E-state index contributed by atoms with van der Waals surface area (Å²) in [6, 6.07) is 5.48. The molecule has 0 saturated heterocycles. The topological polar surface area (TPSA) is 41.6 Å². The maximum absolute atomic E-state index is 11.5. The van der Waals surface area contributed by atoms with E-state index in [1.165, 1.54) is 4.90 Å². The summed E-state index contributed by atoms with van der Waals surface area (Å²) in [5, 5.41) is 2.76. The number of ether oxygens (including phenoxy) is 1. The number of hydrogen-bond acceptors (Lipinski definition) is 2. The molecule has 1 aromatic rings. The molecule has 0 aliphatic rings. The minimum atomic E-state index is -0.168. The maximum atomic E-state index is 11.5. The van der Waals surface area contributed by atoms with Crippen molar-refractivity contribution < 1.29 is 9.53 Å². The summed E-state index contributed by atoms with van der Waals surface area (Å²) >= 11 is 0. The largest absolute Gasteiger partial charge is 0.495 e. The zero-order valence-electron chi connectivity index (χ0n) is 9.50. The van der Waals surface area contributed by atoms with Crippen molar-refractivity contribution in [2.24, 2.45) is 0 Å².